The number of rotatable bonds is 3. The van der Waals surface area contributed by atoms with Gasteiger partial charge in [-0.1, -0.05) is 70.5 Å². The summed E-state index contributed by atoms with van der Waals surface area (Å²) in [6, 6.07) is 24.0. The van der Waals surface area contributed by atoms with Crippen LogP contribution in [-0.4, -0.2) is 10.8 Å². The van der Waals surface area contributed by atoms with E-state index in [4.69, 9.17) is 4.42 Å². The van der Waals surface area contributed by atoms with Crippen LogP contribution in [0, 0.1) is 0 Å². The third-order valence-corrected chi connectivity index (χ3v) is 5.73. The van der Waals surface area contributed by atoms with Crippen molar-refractivity contribution in [3.8, 4) is 0 Å². The molecule has 0 radical (unpaired) electrons. The maximum atomic E-state index is 13.4. The van der Waals surface area contributed by atoms with E-state index in [0.29, 0.717) is 23.1 Å². The topological polar surface area (TPSA) is 50.5 Å². The number of benzene rings is 3. The van der Waals surface area contributed by atoms with Gasteiger partial charge in [0.2, 0.25) is 5.76 Å². The molecule has 3 aromatic carbocycles. The summed E-state index contributed by atoms with van der Waals surface area (Å²) >= 11 is 3.50. The van der Waals surface area contributed by atoms with Crippen molar-refractivity contribution in [2.45, 2.75) is 12.6 Å². The maximum absolute atomic E-state index is 13.4. The van der Waals surface area contributed by atoms with Crippen molar-refractivity contribution in [3.63, 3.8) is 0 Å². The van der Waals surface area contributed by atoms with E-state index in [1.54, 1.807) is 29.2 Å². The van der Waals surface area contributed by atoms with Crippen molar-refractivity contribution in [2.75, 3.05) is 0 Å². The summed E-state index contributed by atoms with van der Waals surface area (Å²) in [5, 5.41) is 0.487. The van der Waals surface area contributed by atoms with Crippen LogP contribution in [0.2, 0.25) is 0 Å². The molecule has 0 N–H and O–H groups in total. The summed E-state index contributed by atoms with van der Waals surface area (Å²) in [6.07, 6.45) is 0. The Hall–Kier alpha value is -3.18. The molecule has 142 valence electrons. The van der Waals surface area contributed by atoms with Crippen molar-refractivity contribution in [1.29, 1.82) is 0 Å². The fourth-order valence-electron chi connectivity index (χ4n) is 3.93. The fourth-order valence-corrected chi connectivity index (χ4v) is 4.35. The van der Waals surface area contributed by atoms with Crippen LogP contribution in [0.15, 0.2) is 92.5 Å². The van der Waals surface area contributed by atoms with E-state index in [1.807, 2.05) is 54.6 Å². The molecule has 1 aliphatic rings. The summed E-state index contributed by atoms with van der Waals surface area (Å²) in [7, 11) is 0. The Balaban J connectivity index is 1.74. The van der Waals surface area contributed by atoms with Gasteiger partial charge in [0.15, 0.2) is 5.43 Å². The van der Waals surface area contributed by atoms with Gasteiger partial charge in [0.1, 0.15) is 5.58 Å². The average Bonchev–Trinajstić information content (AvgIpc) is 3.01. The summed E-state index contributed by atoms with van der Waals surface area (Å²) < 4.78 is 6.83. The molecule has 0 saturated heterocycles. The van der Waals surface area contributed by atoms with E-state index >= 15 is 0 Å². The first-order valence-electron chi connectivity index (χ1n) is 9.29. The summed E-state index contributed by atoms with van der Waals surface area (Å²) in [5.74, 6) is -0.133. The molecule has 0 fully saturated rings. The molecule has 29 heavy (non-hydrogen) atoms. The number of amides is 1. The van der Waals surface area contributed by atoms with E-state index in [2.05, 4.69) is 15.9 Å². The zero-order valence-corrected chi connectivity index (χ0v) is 16.9. The normalized spacial score (nSPS) is 15.7. The van der Waals surface area contributed by atoms with Crippen molar-refractivity contribution in [1.82, 2.24) is 4.90 Å². The van der Waals surface area contributed by atoms with Crippen molar-refractivity contribution in [2.24, 2.45) is 0 Å². The zero-order valence-electron chi connectivity index (χ0n) is 15.3. The van der Waals surface area contributed by atoms with Crippen LogP contribution in [0.5, 0.6) is 0 Å². The molecule has 2 heterocycles. The lowest BCUT2D eigenvalue weighted by atomic mass is 9.98. The average molecular weight is 446 g/mol. The highest BCUT2D eigenvalue weighted by Gasteiger charge is 2.42. The van der Waals surface area contributed by atoms with E-state index in [0.717, 1.165) is 15.6 Å². The Morgan fingerprint density at radius 2 is 1.66 bits per heavy atom. The van der Waals surface area contributed by atoms with E-state index in [1.165, 1.54) is 0 Å². The number of fused-ring (bicyclic) bond motifs is 2. The lowest BCUT2D eigenvalue weighted by Gasteiger charge is -2.25. The minimum atomic E-state index is -0.504. The highest BCUT2D eigenvalue weighted by atomic mass is 79.9. The minimum Gasteiger partial charge on any atom is -0.450 e. The number of carbonyl (C=O) groups excluding carboxylic acids is 1. The Morgan fingerprint density at radius 1 is 0.897 bits per heavy atom. The Kier molecular flexibility index (Phi) is 4.32. The predicted octanol–water partition coefficient (Wildman–Crippen LogP) is 5.30. The molecular formula is C24H16BrNO3. The highest BCUT2D eigenvalue weighted by Crippen LogP contribution is 2.39. The van der Waals surface area contributed by atoms with Crippen molar-refractivity contribution >= 4 is 32.8 Å². The molecule has 0 spiro atoms. The van der Waals surface area contributed by atoms with E-state index < -0.39 is 6.04 Å². The predicted molar refractivity (Wildman–Crippen MR) is 115 cm³/mol. The fraction of sp³-hybridized carbons (Fsp3) is 0.0833. The quantitative estimate of drug-likeness (QED) is 0.429. The van der Waals surface area contributed by atoms with Gasteiger partial charge >= 0.3 is 0 Å². The molecule has 5 heteroatoms. The first-order chi connectivity index (χ1) is 14.1. The van der Waals surface area contributed by atoms with Crippen LogP contribution < -0.4 is 5.43 Å². The van der Waals surface area contributed by atoms with Gasteiger partial charge in [0, 0.05) is 11.0 Å². The lowest BCUT2D eigenvalue weighted by Crippen LogP contribution is -2.29. The smallest absolute Gasteiger partial charge is 0.291 e. The van der Waals surface area contributed by atoms with Crippen LogP contribution in [0.4, 0.5) is 0 Å². The second-order valence-corrected chi connectivity index (χ2v) is 7.96. The molecule has 5 rings (SSSR count). The SMILES string of the molecule is O=C1c2oc3ccccc3c(=O)c2[C@H](c2cccc(Br)c2)N1Cc1ccccc1. The monoisotopic (exact) mass is 445 g/mol. The van der Waals surface area contributed by atoms with Gasteiger partial charge in [-0.15, -0.1) is 0 Å². The van der Waals surface area contributed by atoms with Crippen LogP contribution in [0.25, 0.3) is 11.0 Å². The van der Waals surface area contributed by atoms with Gasteiger partial charge in [-0.3, -0.25) is 9.59 Å². The summed E-state index contributed by atoms with van der Waals surface area (Å²) in [6.45, 7) is 0.386. The molecule has 0 saturated carbocycles. The van der Waals surface area contributed by atoms with Gasteiger partial charge in [-0.25, -0.2) is 0 Å². The standard InChI is InChI=1S/C24H16BrNO3/c25-17-10-6-9-16(13-17)21-20-22(27)18-11-4-5-12-19(18)29-23(20)24(28)26(21)14-15-7-2-1-3-8-15/h1-13,21H,14H2/t21-/m0/s1. The van der Waals surface area contributed by atoms with Gasteiger partial charge in [-0.05, 0) is 35.4 Å². The third kappa shape index (κ3) is 2.98. The van der Waals surface area contributed by atoms with Crippen LogP contribution in [0.3, 0.4) is 0 Å². The summed E-state index contributed by atoms with van der Waals surface area (Å²) in [5.41, 5.74) is 2.54. The minimum absolute atomic E-state index is 0.134. The second-order valence-electron chi connectivity index (χ2n) is 7.05. The van der Waals surface area contributed by atoms with Crippen molar-refractivity contribution in [3.05, 3.63) is 116 Å². The second kappa shape index (κ2) is 7.01. The summed E-state index contributed by atoms with van der Waals surface area (Å²) in [4.78, 5) is 28.4. The molecule has 4 aromatic rings. The van der Waals surface area contributed by atoms with Crippen LogP contribution >= 0.6 is 15.9 Å². The first kappa shape index (κ1) is 17.9. The lowest BCUT2D eigenvalue weighted by molar-refractivity contribution is 0.0714. The van der Waals surface area contributed by atoms with Crippen LogP contribution in [-0.2, 0) is 6.54 Å². The van der Waals surface area contributed by atoms with Crippen LogP contribution in [0.1, 0.15) is 33.3 Å². The molecule has 0 unspecified atom stereocenters. The molecule has 1 aliphatic heterocycles. The highest BCUT2D eigenvalue weighted by molar-refractivity contribution is 9.10. The maximum Gasteiger partial charge on any atom is 0.291 e. The van der Waals surface area contributed by atoms with E-state index in [9.17, 15) is 9.59 Å². The Morgan fingerprint density at radius 3 is 2.45 bits per heavy atom. The Labute approximate surface area is 175 Å². The largest absolute Gasteiger partial charge is 0.450 e. The third-order valence-electron chi connectivity index (χ3n) is 5.23. The molecule has 1 aromatic heterocycles. The van der Waals surface area contributed by atoms with Gasteiger partial charge in [-0.2, -0.15) is 0 Å². The number of halogens is 1. The number of carbonyl (C=O) groups is 1. The molecule has 0 aliphatic carbocycles. The molecule has 4 nitrogen and oxygen atoms in total. The number of para-hydroxylation sites is 1. The number of nitrogens with zero attached hydrogens (tertiary/aromatic N) is 1. The number of hydrogen-bond donors (Lipinski definition) is 0. The first-order valence-corrected chi connectivity index (χ1v) is 10.1. The van der Waals surface area contributed by atoms with E-state index in [-0.39, 0.29) is 17.1 Å². The number of hydrogen-bond acceptors (Lipinski definition) is 3. The molecular weight excluding hydrogens is 430 g/mol. The van der Waals surface area contributed by atoms with Crippen molar-refractivity contribution < 1.29 is 9.21 Å². The van der Waals surface area contributed by atoms with Gasteiger partial charge < -0.3 is 9.32 Å². The molecule has 1 amide bonds. The molecule has 0 bridgehead atoms. The zero-order chi connectivity index (χ0) is 20.0. The molecule has 1 atom stereocenters. The Bertz CT molecular complexity index is 1300. The van der Waals surface area contributed by atoms with Gasteiger partial charge in [0.05, 0.1) is 17.0 Å². The van der Waals surface area contributed by atoms with Gasteiger partial charge in [0.25, 0.3) is 5.91 Å².